The van der Waals surface area contributed by atoms with Gasteiger partial charge in [0.15, 0.2) is 0 Å². The first-order valence-electron chi connectivity index (χ1n) is 6.70. The molecule has 0 amide bonds. The summed E-state index contributed by atoms with van der Waals surface area (Å²) in [4.78, 5) is 0. The molecule has 1 heterocycles. The molecule has 0 radical (unpaired) electrons. The second-order valence-electron chi connectivity index (χ2n) is 5.11. The molecule has 2 rings (SSSR count). The highest BCUT2D eigenvalue weighted by Crippen LogP contribution is 2.39. The van der Waals surface area contributed by atoms with Crippen LogP contribution >= 0.6 is 15.9 Å². The van der Waals surface area contributed by atoms with Crippen molar-refractivity contribution in [2.45, 2.75) is 63.7 Å². The molecular weight excluding hydrogens is 296 g/mol. The molecule has 4 nitrogen and oxygen atoms in total. The van der Waals surface area contributed by atoms with E-state index in [1.165, 1.54) is 0 Å². The van der Waals surface area contributed by atoms with Gasteiger partial charge in [-0.25, -0.2) is 0 Å². The summed E-state index contributed by atoms with van der Waals surface area (Å²) in [6.45, 7) is 2.67. The zero-order chi connectivity index (χ0) is 13.2. The number of hydrogen-bond acceptors (Lipinski definition) is 3. The lowest BCUT2D eigenvalue weighted by molar-refractivity contribution is -0.0904. The molecule has 0 aromatic carbocycles. The number of aliphatic hydroxyl groups is 2. The van der Waals surface area contributed by atoms with Gasteiger partial charge in [-0.3, -0.25) is 4.68 Å². The van der Waals surface area contributed by atoms with Gasteiger partial charge >= 0.3 is 0 Å². The minimum absolute atomic E-state index is 0.662. The maximum Gasteiger partial charge on any atom is 0.125 e. The van der Waals surface area contributed by atoms with Crippen molar-refractivity contribution in [2.24, 2.45) is 0 Å². The second kappa shape index (κ2) is 5.72. The van der Waals surface area contributed by atoms with E-state index in [1.807, 2.05) is 6.92 Å². The van der Waals surface area contributed by atoms with E-state index in [9.17, 15) is 10.2 Å². The van der Waals surface area contributed by atoms with E-state index >= 15 is 0 Å². The van der Waals surface area contributed by atoms with Crippen molar-refractivity contribution in [3.05, 3.63) is 16.4 Å². The topological polar surface area (TPSA) is 58.3 Å². The summed E-state index contributed by atoms with van der Waals surface area (Å²) in [5, 5.41) is 25.5. The summed E-state index contributed by atoms with van der Waals surface area (Å²) < 4.78 is 2.52. The normalized spacial score (nSPS) is 21.6. The highest BCUT2D eigenvalue weighted by atomic mass is 79.9. The van der Waals surface area contributed by atoms with Crippen LogP contribution in [-0.4, -0.2) is 25.6 Å². The van der Waals surface area contributed by atoms with Crippen molar-refractivity contribution >= 4 is 15.9 Å². The standard InChI is InChI=1S/C13H21BrN2O2/c1-2-16-11(10(14)9-15-16)12(17)13(18)7-5-3-4-6-8-13/h9,12,17-18H,2-8H2,1H3. The highest BCUT2D eigenvalue weighted by molar-refractivity contribution is 9.10. The Bertz CT molecular complexity index is 398. The first-order valence-corrected chi connectivity index (χ1v) is 7.49. The fourth-order valence-corrected chi connectivity index (χ4v) is 3.28. The molecule has 1 aromatic rings. The van der Waals surface area contributed by atoms with E-state index in [0.717, 1.165) is 30.2 Å². The summed E-state index contributed by atoms with van der Waals surface area (Å²) in [5.74, 6) is 0. The predicted octanol–water partition coefficient (Wildman–Crippen LogP) is 2.78. The molecule has 18 heavy (non-hydrogen) atoms. The van der Waals surface area contributed by atoms with Crippen LogP contribution in [0.2, 0.25) is 0 Å². The summed E-state index contributed by atoms with van der Waals surface area (Å²) in [6, 6.07) is 0. The monoisotopic (exact) mass is 316 g/mol. The smallest absolute Gasteiger partial charge is 0.125 e. The number of aromatic nitrogens is 2. The van der Waals surface area contributed by atoms with E-state index in [-0.39, 0.29) is 0 Å². The van der Waals surface area contributed by atoms with E-state index in [2.05, 4.69) is 21.0 Å². The molecule has 0 spiro atoms. The van der Waals surface area contributed by atoms with Gasteiger partial charge in [-0.1, -0.05) is 25.7 Å². The van der Waals surface area contributed by atoms with Gasteiger partial charge in [0.2, 0.25) is 0 Å². The van der Waals surface area contributed by atoms with Crippen LogP contribution in [0.5, 0.6) is 0 Å². The maximum absolute atomic E-state index is 10.7. The van der Waals surface area contributed by atoms with Gasteiger partial charge in [0.05, 0.1) is 22.0 Å². The molecule has 102 valence electrons. The lowest BCUT2D eigenvalue weighted by Crippen LogP contribution is -2.37. The highest BCUT2D eigenvalue weighted by Gasteiger charge is 2.39. The first kappa shape index (κ1) is 14.0. The van der Waals surface area contributed by atoms with Crippen molar-refractivity contribution in [3.8, 4) is 0 Å². The van der Waals surface area contributed by atoms with Gasteiger partial charge in [0.1, 0.15) is 6.10 Å². The fourth-order valence-electron chi connectivity index (χ4n) is 2.76. The zero-order valence-electron chi connectivity index (χ0n) is 10.8. The molecule has 1 aliphatic rings. The van der Waals surface area contributed by atoms with Crippen LogP contribution in [0.4, 0.5) is 0 Å². The average Bonchev–Trinajstić information content (AvgIpc) is 2.57. The van der Waals surface area contributed by atoms with Gasteiger partial charge in [0.25, 0.3) is 0 Å². The van der Waals surface area contributed by atoms with Crippen LogP contribution in [0.3, 0.4) is 0 Å². The number of halogens is 1. The van der Waals surface area contributed by atoms with Gasteiger partial charge in [-0.05, 0) is 35.7 Å². The second-order valence-corrected chi connectivity index (χ2v) is 5.97. The third-order valence-corrected chi connectivity index (χ3v) is 4.48. The fraction of sp³-hybridized carbons (Fsp3) is 0.769. The van der Waals surface area contributed by atoms with Gasteiger partial charge in [0, 0.05) is 6.54 Å². The Morgan fingerprint density at radius 1 is 1.39 bits per heavy atom. The molecule has 1 fully saturated rings. The Morgan fingerprint density at radius 3 is 2.56 bits per heavy atom. The number of hydrogen-bond donors (Lipinski definition) is 2. The number of nitrogens with zero attached hydrogens (tertiary/aromatic N) is 2. The minimum Gasteiger partial charge on any atom is -0.387 e. The van der Waals surface area contributed by atoms with Gasteiger partial charge < -0.3 is 10.2 Å². The van der Waals surface area contributed by atoms with E-state index in [1.54, 1.807) is 10.9 Å². The van der Waals surface area contributed by atoms with E-state index in [4.69, 9.17) is 0 Å². The van der Waals surface area contributed by atoms with Crippen LogP contribution in [0.1, 0.15) is 57.2 Å². The number of rotatable bonds is 3. The van der Waals surface area contributed by atoms with Crippen molar-refractivity contribution in [3.63, 3.8) is 0 Å². The quantitative estimate of drug-likeness (QED) is 0.843. The van der Waals surface area contributed by atoms with Crippen molar-refractivity contribution < 1.29 is 10.2 Å². The molecule has 1 aliphatic carbocycles. The van der Waals surface area contributed by atoms with Crippen LogP contribution in [0.15, 0.2) is 10.7 Å². The molecule has 0 aliphatic heterocycles. The van der Waals surface area contributed by atoms with E-state index in [0.29, 0.717) is 25.1 Å². The Morgan fingerprint density at radius 2 is 2.00 bits per heavy atom. The van der Waals surface area contributed by atoms with Crippen LogP contribution < -0.4 is 0 Å². The molecule has 1 saturated carbocycles. The minimum atomic E-state index is -1.01. The maximum atomic E-state index is 10.7. The summed E-state index contributed by atoms with van der Waals surface area (Å²) in [5.41, 5.74) is -0.312. The predicted molar refractivity (Wildman–Crippen MR) is 73.2 cm³/mol. The average molecular weight is 317 g/mol. The molecule has 1 atom stereocenters. The Kier molecular flexibility index (Phi) is 4.45. The summed E-state index contributed by atoms with van der Waals surface area (Å²) in [7, 11) is 0. The molecule has 0 bridgehead atoms. The first-order chi connectivity index (χ1) is 8.58. The SMILES string of the molecule is CCn1ncc(Br)c1C(O)C1(O)CCCCCC1. The summed E-state index contributed by atoms with van der Waals surface area (Å²) in [6.07, 6.45) is 6.38. The van der Waals surface area contributed by atoms with Crippen molar-refractivity contribution in [1.82, 2.24) is 9.78 Å². The van der Waals surface area contributed by atoms with E-state index < -0.39 is 11.7 Å². The zero-order valence-corrected chi connectivity index (χ0v) is 12.4. The van der Waals surface area contributed by atoms with Crippen molar-refractivity contribution in [2.75, 3.05) is 0 Å². The molecule has 0 saturated heterocycles. The third-order valence-electron chi connectivity index (χ3n) is 3.87. The molecule has 5 heteroatoms. The number of aryl methyl sites for hydroxylation is 1. The lowest BCUT2D eigenvalue weighted by atomic mass is 9.86. The molecule has 1 unspecified atom stereocenters. The van der Waals surface area contributed by atoms with Gasteiger partial charge in [-0.15, -0.1) is 0 Å². The van der Waals surface area contributed by atoms with Crippen LogP contribution in [0, 0.1) is 0 Å². The van der Waals surface area contributed by atoms with Crippen molar-refractivity contribution in [1.29, 1.82) is 0 Å². The van der Waals surface area contributed by atoms with Crippen LogP contribution in [-0.2, 0) is 6.54 Å². The van der Waals surface area contributed by atoms with Gasteiger partial charge in [-0.2, -0.15) is 5.10 Å². The lowest BCUT2D eigenvalue weighted by Gasteiger charge is -2.32. The molecular formula is C13H21BrN2O2. The Hall–Kier alpha value is -0.390. The molecule has 1 aromatic heterocycles. The Balaban J connectivity index is 2.28. The van der Waals surface area contributed by atoms with Crippen LogP contribution in [0.25, 0.3) is 0 Å². The third kappa shape index (κ3) is 2.63. The largest absolute Gasteiger partial charge is 0.387 e. The Labute approximate surface area is 116 Å². The number of aliphatic hydroxyl groups excluding tert-OH is 1. The molecule has 2 N–H and O–H groups in total. The summed E-state index contributed by atoms with van der Waals surface area (Å²) >= 11 is 3.41.